The summed E-state index contributed by atoms with van der Waals surface area (Å²) in [6, 6.07) is 21.3. The minimum atomic E-state index is -0.250. The summed E-state index contributed by atoms with van der Waals surface area (Å²) >= 11 is 1.60. The summed E-state index contributed by atoms with van der Waals surface area (Å²) in [5.74, 6) is -0.165. The van der Waals surface area contributed by atoms with Gasteiger partial charge in [-0.25, -0.2) is 4.79 Å². The topological polar surface area (TPSA) is 82.7 Å². The van der Waals surface area contributed by atoms with Crippen molar-refractivity contribution in [2.45, 2.75) is 43.9 Å². The van der Waals surface area contributed by atoms with E-state index in [2.05, 4.69) is 45.1 Å². The Morgan fingerprint density at radius 1 is 1.03 bits per heavy atom. The van der Waals surface area contributed by atoms with Gasteiger partial charge in [0.15, 0.2) is 0 Å². The molecule has 1 atom stereocenters. The Labute approximate surface area is 215 Å². The monoisotopic (exact) mass is 504 g/mol. The van der Waals surface area contributed by atoms with Crippen LogP contribution in [0.2, 0.25) is 0 Å². The Morgan fingerprint density at radius 3 is 2.64 bits per heavy atom. The molecule has 0 radical (unpaired) electrons. The van der Waals surface area contributed by atoms with Crippen LogP contribution in [0.1, 0.15) is 40.1 Å². The molecule has 0 bridgehead atoms. The number of ether oxygens (including phenoxy) is 1. The minimum Gasteiger partial charge on any atom is -0.381 e. The number of hydrogen-bond donors (Lipinski definition) is 3. The predicted molar refractivity (Wildman–Crippen MR) is 142 cm³/mol. The molecule has 8 heteroatoms. The van der Waals surface area contributed by atoms with Crippen LogP contribution in [0.25, 0.3) is 0 Å². The fraction of sp³-hybridized carbons (Fsp3) is 0.357. The molecule has 1 spiro atoms. The molecule has 2 aliphatic heterocycles. The number of urea groups is 1. The van der Waals surface area contributed by atoms with Crippen LogP contribution >= 0.6 is 11.3 Å². The van der Waals surface area contributed by atoms with Crippen LogP contribution in [0.5, 0.6) is 0 Å². The van der Waals surface area contributed by atoms with Crippen molar-refractivity contribution in [3.63, 3.8) is 0 Å². The molecule has 3 aromatic rings. The largest absolute Gasteiger partial charge is 0.381 e. The number of benzene rings is 2. The number of carbonyl (C=O) groups is 2. The normalized spacial score (nSPS) is 19.2. The summed E-state index contributed by atoms with van der Waals surface area (Å²) in [4.78, 5) is 29.1. The van der Waals surface area contributed by atoms with Gasteiger partial charge in [0.25, 0.3) is 5.91 Å². The first-order chi connectivity index (χ1) is 17.6. The zero-order valence-electron chi connectivity index (χ0n) is 20.2. The first kappa shape index (κ1) is 24.5. The number of rotatable bonds is 7. The number of thiophene rings is 1. The highest BCUT2D eigenvalue weighted by atomic mass is 32.1. The Hall–Kier alpha value is -3.20. The number of nitrogens with one attached hydrogen (secondary N) is 3. The van der Waals surface area contributed by atoms with E-state index >= 15 is 0 Å². The van der Waals surface area contributed by atoms with Gasteiger partial charge in [-0.1, -0.05) is 42.5 Å². The molecule has 1 unspecified atom stereocenters. The molecule has 2 aliphatic rings. The number of carbonyl (C=O) groups excluding carboxylic acids is 2. The van der Waals surface area contributed by atoms with Crippen LogP contribution in [0.4, 0.5) is 10.5 Å². The van der Waals surface area contributed by atoms with E-state index in [1.54, 1.807) is 35.6 Å². The fourth-order valence-electron chi connectivity index (χ4n) is 5.29. The minimum absolute atomic E-state index is 0.0455. The molecule has 3 amide bonds. The number of likely N-dealkylation sites (tertiary alicyclic amines) is 1. The molecule has 188 valence electrons. The lowest BCUT2D eigenvalue weighted by Gasteiger charge is -2.41. The van der Waals surface area contributed by atoms with E-state index in [1.165, 1.54) is 5.56 Å². The SMILES string of the molecule is O=C(Nc1cccc(C(=O)NCc2cccs2)c1)NC1CN(Cc2ccccc2)C2(CCOCC2)C1. The highest BCUT2D eigenvalue weighted by Crippen LogP contribution is 2.39. The van der Waals surface area contributed by atoms with Crippen LogP contribution in [0, 0.1) is 0 Å². The van der Waals surface area contributed by atoms with Crippen LogP contribution in [0.15, 0.2) is 72.1 Å². The second-order valence-electron chi connectivity index (χ2n) is 9.55. The van der Waals surface area contributed by atoms with Gasteiger partial charge in [-0.3, -0.25) is 9.69 Å². The van der Waals surface area contributed by atoms with Crippen molar-refractivity contribution in [2.24, 2.45) is 0 Å². The zero-order valence-corrected chi connectivity index (χ0v) is 21.1. The molecular weight excluding hydrogens is 472 g/mol. The smallest absolute Gasteiger partial charge is 0.319 e. The number of amides is 3. The molecule has 1 aromatic heterocycles. The van der Waals surface area contributed by atoms with E-state index in [0.717, 1.165) is 50.4 Å². The maximum absolute atomic E-state index is 12.9. The van der Waals surface area contributed by atoms with Crippen molar-refractivity contribution in [1.29, 1.82) is 0 Å². The molecule has 0 aliphatic carbocycles. The van der Waals surface area contributed by atoms with Crippen molar-refractivity contribution in [1.82, 2.24) is 15.5 Å². The van der Waals surface area contributed by atoms with E-state index < -0.39 is 0 Å². The summed E-state index contributed by atoms with van der Waals surface area (Å²) in [5.41, 5.74) is 2.44. The summed E-state index contributed by atoms with van der Waals surface area (Å²) in [6.07, 6.45) is 2.85. The van der Waals surface area contributed by atoms with Gasteiger partial charge in [0, 0.05) is 54.0 Å². The lowest BCUT2D eigenvalue weighted by molar-refractivity contribution is -0.0113. The van der Waals surface area contributed by atoms with Crippen molar-refractivity contribution < 1.29 is 14.3 Å². The number of nitrogens with zero attached hydrogens (tertiary/aromatic N) is 1. The average molecular weight is 505 g/mol. The third kappa shape index (κ3) is 5.95. The van der Waals surface area contributed by atoms with Crippen molar-refractivity contribution in [2.75, 3.05) is 25.1 Å². The number of anilines is 1. The summed E-state index contributed by atoms with van der Waals surface area (Å²) in [7, 11) is 0. The Morgan fingerprint density at radius 2 is 1.86 bits per heavy atom. The Balaban J connectivity index is 1.19. The van der Waals surface area contributed by atoms with Gasteiger partial charge >= 0.3 is 6.03 Å². The van der Waals surface area contributed by atoms with Gasteiger partial charge in [0.1, 0.15) is 0 Å². The molecule has 0 saturated carbocycles. The van der Waals surface area contributed by atoms with Crippen LogP contribution in [0.3, 0.4) is 0 Å². The first-order valence-electron chi connectivity index (χ1n) is 12.4. The van der Waals surface area contributed by atoms with Crippen molar-refractivity contribution in [3.05, 3.63) is 88.1 Å². The molecule has 3 heterocycles. The predicted octanol–water partition coefficient (Wildman–Crippen LogP) is 4.62. The van der Waals surface area contributed by atoms with Crippen LogP contribution in [-0.4, -0.2) is 48.2 Å². The highest BCUT2D eigenvalue weighted by molar-refractivity contribution is 7.09. The number of hydrogen-bond acceptors (Lipinski definition) is 5. The standard InChI is InChI=1S/C28H32N4O3S/c33-26(29-18-25-10-5-15-36-25)22-8-4-9-23(16-22)30-27(34)31-24-17-28(11-13-35-14-12-28)32(20-24)19-21-6-2-1-3-7-21/h1-10,15-16,24H,11-14,17-20H2,(H,29,33)(H2,30,31,34). The van der Waals surface area contributed by atoms with E-state index in [4.69, 9.17) is 4.74 Å². The second kappa shape index (κ2) is 11.2. The second-order valence-corrected chi connectivity index (χ2v) is 10.6. The van der Waals surface area contributed by atoms with E-state index in [1.807, 2.05) is 23.6 Å². The van der Waals surface area contributed by atoms with Gasteiger partial charge < -0.3 is 20.7 Å². The van der Waals surface area contributed by atoms with Crippen molar-refractivity contribution >= 4 is 29.0 Å². The lowest BCUT2D eigenvalue weighted by atomic mass is 9.86. The van der Waals surface area contributed by atoms with Gasteiger partial charge in [0.2, 0.25) is 0 Å². The third-order valence-electron chi connectivity index (χ3n) is 7.10. The molecule has 2 saturated heterocycles. The van der Waals surface area contributed by atoms with Crippen LogP contribution < -0.4 is 16.0 Å². The molecule has 2 aromatic carbocycles. The van der Waals surface area contributed by atoms with Gasteiger partial charge in [-0.2, -0.15) is 0 Å². The molecule has 5 rings (SSSR count). The zero-order chi connectivity index (χ0) is 24.8. The average Bonchev–Trinajstić information content (AvgIpc) is 3.52. The Bertz CT molecular complexity index is 1160. The Kier molecular flexibility index (Phi) is 7.65. The maximum Gasteiger partial charge on any atom is 0.319 e. The third-order valence-corrected chi connectivity index (χ3v) is 7.98. The molecule has 2 fully saturated rings. The maximum atomic E-state index is 12.9. The van der Waals surface area contributed by atoms with E-state index in [9.17, 15) is 9.59 Å². The van der Waals surface area contributed by atoms with Crippen LogP contribution in [-0.2, 0) is 17.8 Å². The highest BCUT2D eigenvalue weighted by Gasteiger charge is 2.46. The van der Waals surface area contributed by atoms with E-state index in [-0.39, 0.29) is 23.5 Å². The molecule has 7 nitrogen and oxygen atoms in total. The molecular formula is C28H32N4O3S. The molecule has 36 heavy (non-hydrogen) atoms. The summed E-state index contributed by atoms with van der Waals surface area (Å²) in [5, 5.41) is 11.0. The van der Waals surface area contributed by atoms with Gasteiger partial charge in [0.05, 0.1) is 6.54 Å². The fourth-order valence-corrected chi connectivity index (χ4v) is 5.93. The lowest BCUT2D eigenvalue weighted by Crippen LogP contribution is -2.47. The molecule has 3 N–H and O–H groups in total. The summed E-state index contributed by atoms with van der Waals surface area (Å²) in [6.45, 7) is 3.66. The first-order valence-corrected chi connectivity index (χ1v) is 13.3. The van der Waals surface area contributed by atoms with Gasteiger partial charge in [-0.15, -0.1) is 11.3 Å². The van der Waals surface area contributed by atoms with Crippen molar-refractivity contribution in [3.8, 4) is 0 Å². The quantitative estimate of drug-likeness (QED) is 0.438. The van der Waals surface area contributed by atoms with E-state index in [0.29, 0.717) is 17.8 Å². The summed E-state index contributed by atoms with van der Waals surface area (Å²) < 4.78 is 5.66. The van der Waals surface area contributed by atoms with Gasteiger partial charge in [-0.05, 0) is 54.5 Å².